The first-order valence-corrected chi connectivity index (χ1v) is 5.54. The second-order valence-electron chi connectivity index (χ2n) is 3.94. The molecule has 2 nitrogen and oxygen atoms in total. The van der Waals surface area contributed by atoms with Crippen LogP contribution in [-0.4, -0.2) is 12.3 Å². The van der Waals surface area contributed by atoms with Gasteiger partial charge >= 0.3 is 0 Å². The number of hydrogen-bond acceptors (Lipinski definition) is 2. The molecule has 2 N–H and O–H groups in total. The third-order valence-corrected chi connectivity index (χ3v) is 3.46. The van der Waals surface area contributed by atoms with Gasteiger partial charge in [-0.1, -0.05) is 23.2 Å². The summed E-state index contributed by atoms with van der Waals surface area (Å²) in [6.07, 6.45) is 1.70. The molecule has 2 rings (SSSR count). The summed E-state index contributed by atoms with van der Waals surface area (Å²) >= 11 is 11.8. The first-order chi connectivity index (χ1) is 7.09. The monoisotopic (exact) mass is 243 g/mol. The van der Waals surface area contributed by atoms with Gasteiger partial charge in [0, 0.05) is 22.5 Å². The predicted octanol–water partition coefficient (Wildman–Crippen LogP) is 2.92. The highest BCUT2D eigenvalue weighted by Crippen LogP contribution is 2.48. The molecular formula is C11H11Cl2NO. The summed E-state index contributed by atoms with van der Waals surface area (Å²) in [6, 6.07) is 4.92. The number of nitrogens with two attached hydrogens (primary N) is 1. The third-order valence-electron chi connectivity index (χ3n) is 2.90. The van der Waals surface area contributed by atoms with Crippen molar-refractivity contribution in [3.05, 3.63) is 33.8 Å². The van der Waals surface area contributed by atoms with Crippen molar-refractivity contribution < 1.29 is 4.79 Å². The third kappa shape index (κ3) is 1.89. The Labute approximate surface area is 98.4 Å². The van der Waals surface area contributed by atoms with E-state index in [9.17, 15) is 4.79 Å². The van der Waals surface area contributed by atoms with Gasteiger partial charge in [0.15, 0.2) is 5.78 Å². The first-order valence-electron chi connectivity index (χ1n) is 4.79. The molecule has 0 spiro atoms. The molecule has 0 unspecified atom stereocenters. The molecule has 1 aromatic rings. The van der Waals surface area contributed by atoms with E-state index in [4.69, 9.17) is 28.9 Å². The standard InChI is InChI=1S/C11H11Cl2NO/c12-7-1-2-9(13)8(5-7)10(15)11(6-14)3-4-11/h1-2,5H,3-4,6,14H2. The van der Waals surface area contributed by atoms with Gasteiger partial charge in [-0.15, -0.1) is 0 Å². The number of carbonyl (C=O) groups is 1. The topological polar surface area (TPSA) is 43.1 Å². The lowest BCUT2D eigenvalue weighted by Crippen LogP contribution is -2.25. The van der Waals surface area contributed by atoms with Gasteiger partial charge < -0.3 is 5.73 Å². The van der Waals surface area contributed by atoms with Crippen LogP contribution in [0.15, 0.2) is 18.2 Å². The van der Waals surface area contributed by atoms with E-state index in [2.05, 4.69) is 0 Å². The van der Waals surface area contributed by atoms with Crippen LogP contribution in [0.25, 0.3) is 0 Å². The smallest absolute Gasteiger partial charge is 0.171 e. The van der Waals surface area contributed by atoms with Gasteiger partial charge in [-0.25, -0.2) is 0 Å². The first kappa shape index (κ1) is 10.9. The van der Waals surface area contributed by atoms with Gasteiger partial charge in [0.1, 0.15) is 0 Å². The SMILES string of the molecule is NCC1(C(=O)c2cc(Cl)ccc2Cl)CC1. The molecule has 0 aromatic heterocycles. The van der Waals surface area contributed by atoms with Crippen molar-refractivity contribution in [3.8, 4) is 0 Å². The van der Waals surface area contributed by atoms with Crippen LogP contribution < -0.4 is 5.73 Å². The van der Waals surface area contributed by atoms with Crippen molar-refractivity contribution in [1.82, 2.24) is 0 Å². The second kappa shape index (κ2) is 3.78. The largest absolute Gasteiger partial charge is 0.329 e. The zero-order chi connectivity index (χ0) is 11.1. The predicted molar refractivity (Wildman–Crippen MR) is 61.5 cm³/mol. The van der Waals surface area contributed by atoms with E-state index in [1.54, 1.807) is 18.2 Å². The van der Waals surface area contributed by atoms with Gasteiger partial charge in [-0.2, -0.15) is 0 Å². The summed E-state index contributed by atoms with van der Waals surface area (Å²) in [6.45, 7) is 0.384. The molecule has 4 heteroatoms. The molecule has 0 atom stereocenters. The van der Waals surface area contributed by atoms with Crippen molar-refractivity contribution in [2.45, 2.75) is 12.8 Å². The molecule has 1 saturated carbocycles. The Morgan fingerprint density at radius 3 is 2.60 bits per heavy atom. The maximum atomic E-state index is 12.1. The Balaban J connectivity index is 2.37. The van der Waals surface area contributed by atoms with E-state index in [1.807, 2.05) is 0 Å². The summed E-state index contributed by atoms with van der Waals surface area (Å²) in [5.74, 6) is 0.0255. The summed E-state index contributed by atoms with van der Waals surface area (Å²) < 4.78 is 0. The fraction of sp³-hybridized carbons (Fsp3) is 0.364. The molecule has 1 aromatic carbocycles. The Morgan fingerprint density at radius 1 is 1.40 bits per heavy atom. The lowest BCUT2D eigenvalue weighted by atomic mass is 9.95. The zero-order valence-corrected chi connectivity index (χ0v) is 9.61. The van der Waals surface area contributed by atoms with Gasteiger partial charge in [-0.05, 0) is 31.0 Å². The van der Waals surface area contributed by atoms with Crippen molar-refractivity contribution in [1.29, 1.82) is 0 Å². The minimum atomic E-state index is -0.367. The number of ketones is 1. The minimum Gasteiger partial charge on any atom is -0.329 e. The molecule has 1 fully saturated rings. The average Bonchev–Trinajstić information content (AvgIpc) is 3.01. The number of Topliss-reactive ketones (excluding diaryl/α,β-unsaturated/α-hetero) is 1. The van der Waals surface area contributed by atoms with E-state index in [1.165, 1.54) is 0 Å². The Bertz CT molecular complexity index is 413. The van der Waals surface area contributed by atoms with Crippen LogP contribution in [-0.2, 0) is 0 Å². The zero-order valence-electron chi connectivity index (χ0n) is 8.09. The summed E-state index contributed by atoms with van der Waals surface area (Å²) in [7, 11) is 0. The van der Waals surface area contributed by atoms with Crippen LogP contribution in [0.4, 0.5) is 0 Å². The summed E-state index contributed by atoms with van der Waals surface area (Å²) in [5, 5.41) is 0.972. The maximum absolute atomic E-state index is 12.1. The van der Waals surface area contributed by atoms with Gasteiger partial charge in [0.05, 0.1) is 5.02 Å². The van der Waals surface area contributed by atoms with E-state index in [-0.39, 0.29) is 11.2 Å². The quantitative estimate of drug-likeness (QED) is 0.830. The molecule has 0 bridgehead atoms. The van der Waals surface area contributed by atoms with E-state index in [0.29, 0.717) is 22.2 Å². The lowest BCUT2D eigenvalue weighted by molar-refractivity contribution is 0.0906. The molecule has 0 aliphatic heterocycles. The van der Waals surface area contributed by atoms with Crippen molar-refractivity contribution in [2.24, 2.45) is 11.1 Å². The number of benzene rings is 1. The molecule has 0 radical (unpaired) electrons. The molecule has 1 aliphatic carbocycles. The Kier molecular flexibility index (Phi) is 2.75. The van der Waals surface area contributed by atoms with Crippen LogP contribution in [0.1, 0.15) is 23.2 Å². The molecule has 15 heavy (non-hydrogen) atoms. The molecule has 0 heterocycles. The number of carbonyl (C=O) groups excluding carboxylic acids is 1. The van der Waals surface area contributed by atoms with E-state index < -0.39 is 0 Å². The van der Waals surface area contributed by atoms with Gasteiger partial charge in [-0.3, -0.25) is 4.79 Å². The van der Waals surface area contributed by atoms with Crippen molar-refractivity contribution in [2.75, 3.05) is 6.54 Å². The number of halogens is 2. The average molecular weight is 244 g/mol. The molecule has 0 amide bonds. The maximum Gasteiger partial charge on any atom is 0.171 e. The highest BCUT2D eigenvalue weighted by atomic mass is 35.5. The van der Waals surface area contributed by atoms with Crippen LogP contribution in [0.2, 0.25) is 10.0 Å². The summed E-state index contributed by atoms with van der Waals surface area (Å²) in [5.41, 5.74) is 5.72. The van der Waals surface area contributed by atoms with Crippen molar-refractivity contribution in [3.63, 3.8) is 0 Å². The van der Waals surface area contributed by atoms with Crippen LogP contribution in [0.5, 0.6) is 0 Å². The highest BCUT2D eigenvalue weighted by Gasteiger charge is 2.48. The Hall–Kier alpha value is -0.570. The molecule has 0 saturated heterocycles. The number of hydrogen-bond donors (Lipinski definition) is 1. The molecule has 80 valence electrons. The lowest BCUT2D eigenvalue weighted by Gasteiger charge is -2.12. The van der Waals surface area contributed by atoms with E-state index >= 15 is 0 Å². The fourth-order valence-electron chi connectivity index (χ4n) is 1.63. The highest BCUT2D eigenvalue weighted by molar-refractivity contribution is 6.36. The van der Waals surface area contributed by atoms with Crippen LogP contribution in [0.3, 0.4) is 0 Å². The Morgan fingerprint density at radius 2 is 2.07 bits per heavy atom. The van der Waals surface area contributed by atoms with Crippen molar-refractivity contribution >= 4 is 29.0 Å². The van der Waals surface area contributed by atoms with Gasteiger partial charge in [0.2, 0.25) is 0 Å². The molecular weight excluding hydrogens is 233 g/mol. The fourth-order valence-corrected chi connectivity index (χ4v) is 2.01. The minimum absolute atomic E-state index is 0.0255. The van der Waals surface area contributed by atoms with Crippen LogP contribution in [0, 0.1) is 5.41 Å². The van der Waals surface area contributed by atoms with E-state index in [0.717, 1.165) is 12.8 Å². The molecule has 1 aliphatic rings. The summed E-state index contributed by atoms with van der Waals surface area (Å²) in [4.78, 5) is 12.1. The van der Waals surface area contributed by atoms with Crippen LogP contribution >= 0.6 is 23.2 Å². The number of rotatable bonds is 3. The normalized spacial score (nSPS) is 17.5. The second-order valence-corrected chi connectivity index (χ2v) is 4.78. The van der Waals surface area contributed by atoms with Gasteiger partial charge in [0.25, 0.3) is 0 Å².